The van der Waals surface area contributed by atoms with E-state index in [0.717, 1.165) is 5.75 Å². The van der Waals surface area contributed by atoms with Gasteiger partial charge in [-0.3, -0.25) is 0 Å². The Hall–Kier alpha value is 0.830. The van der Waals surface area contributed by atoms with E-state index in [-0.39, 0.29) is 0 Å². The summed E-state index contributed by atoms with van der Waals surface area (Å²) in [7, 11) is 7.48. The van der Waals surface area contributed by atoms with E-state index >= 15 is 0 Å². The molecule has 1 unspecified atom stereocenters. The van der Waals surface area contributed by atoms with Gasteiger partial charge >= 0.3 is 0 Å². The van der Waals surface area contributed by atoms with Gasteiger partial charge in [-0.25, -0.2) is 0 Å². The van der Waals surface area contributed by atoms with Gasteiger partial charge in [0.1, 0.15) is 0 Å². The zero-order chi connectivity index (χ0) is 11.4. The molecule has 0 saturated heterocycles. The Morgan fingerprint density at radius 1 is 1.07 bits per heavy atom. The molecule has 14 heavy (non-hydrogen) atoms. The number of hydrogen-bond donors (Lipinski definition) is 0. The van der Waals surface area contributed by atoms with Crippen molar-refractivity contribution in [2.45, 2.75) is 56.2 Å². The van der Waals surface area contributed by atoms with Gasteiger partial charge in [-0.1, -0.05) is 41.5 Å². The fourth-order valence-corrected chi connectivity index (χ4v) is 3.15. The average Bonchev–Trinajstić information content (AvgIpc) is 1.94. The van der Waals surface area contributed by atoms with Gasteiger partial charge in [0.05, 0.1) is 7.17 Å². The Morgan fingerprint density at radius 2 is 1.57 bits per heavy atom. The summed E-state index contributed by atoms with van der Waals surface area (Å²) < 4.78 is 0.624. The van der Waals surface area contributed by atoms with Gasteiger partial charge in [0.15, 0.2) is 0 Å². The van der Waals surface area contributed by atoms with E-state index in [1.807, 2.05) is 30.7 Å². The lowest BCUT2D eigenvalue weighted by Gasteiger charge is -2.27. The van der Waals surface area contributed by atoms with E-state index < -0.39 is 0 Å². The van der Waals surface area contributed by atoms with Crippen LogP contribution < -0.4 is 0 Å². The molecule has 0 aliphatic carbocycles. The van der Waals surface area contributed by atoms with Crippen molar-refractivity contribution in [2.75, 3.05) is 5.75 Å². The largest absolute Gasteiger partial charge is 0.162 e. The molecule has 0 amide bonds. The molecule has 0 aromatic rings. The van der Waals surface area contributed by atoms with E-state index in [1.54, 1.807) is 0 Å². The second-order valence-electron chi connectivity index (χ2n) is 5.38. The van der Waals surface area contributed by atoms with Crippen LogP contribution in [-0.2, 0) is 0 Å². The molecule has 0 aliphatic rings. The Bertz CT molecular complexity index is 158. The number of thioether (sulfide) groups is 2. The molecule has 79 valence electrons. The normalized spacial score (nSPS) is 15.3. The van der Waals surface area contributed by atoms with Crippen LogP contribution in [-0.4, -0.2) is 35.3 Å². The van der Waals surface area contributed by atoms with E-state index in [9.17, 15) is 0 Å². The fourth-order valence-electron chi connectivity index (χ4n) is 0.915. The smallest absolute Gasteiger partial charge is 0.0733 e. The van der Waals surface area contributed by atoms with Crippen molar-refractivity contribution in [1.82, 2.24) is 0 Å². The molecule has 0 spiro atoms. The maximum absolute atomic E-state index is 5.65. The Balaban J connectivity index is 3.93. The van der Waals surface area contributed by atoms with E-state index in [0.29, 0.717) is 14.6 Å². The second kappa shape index (κ2) is 5.79. The topological polar surface area (TPSA) is 0 Å². The van der Waals surface area contributed by atoms with Crippen LogP contribution in [0, 0.1) is 0 Å². The monoisotopic (exact) mass is 227 g/mol. The fraction of sp³-hybridized carbons (Fsp3) is 1.00. The van der Waals surface area contributed by atoms with Gasteiger partial charge < -0.3 is 0 Å². The summed E-state index contributed by atoms with van der Waals surface area (Å²) in [6.45, 7) is 13.4. The predicted octanol–water partition coefficient (Wildman–Crippen LogP) is 3.16. The summed E-state index contributed by atoms with van der Waals surface area (Å²) in [6.07, 6.45) is 0. The molecular weight excluding hydrogens is 206 g/mol. The molecule has 4 heteroatoms. The maximum Gasteiger partial charge on any atom is 0.0733 e. The first-order valence-electron chi connectivity index (χ1n) is 5.01. The summed E-state index contributed by atoms with van der Waals surface area (Å²) in [4.78, 5) is 0. The minimum atomic E-state index is 0.291. The van der Waals surface area contributed by atoms with Crippen LogP contribution in [0.15, 0.2) is 0 Å². The molecule has 0 nitrogen and oxygen atoms in total. The van der Waals surface area contributed by atoms with Crippen molar-refractivity contribution in [1.29, 1.82) is 0 Å². The first-order valence-corrected chi connectivity index (χ1v) is 6.87. The van der Waals surface area contributed by atoms with Crippen LogP contribution in [0.5, 0.6) is 0 Å². The van der Waals surface area contributed by atoms with Crippen molar-refractivity contribution in [3.05, 3.63) is 0 Å². The van der Waals surface area contributed by atoms with Crippen LogP contribution in [0.3, 0.4) is 0 Å². The number of hydrogen-bond acceptors (Lipinski definition) is 2. The lowest BCUT2D eigenvalue weighted by molar-refractivity contribution is 0.796. The summed E-state index contributed by atoms with van der Waals surface area (Å²) in [5.41, 5.74) is 0. The van der Waals surface area contributed by atoms with Crippen LogP contribution in [0.4, 0.5) is 0 Å². The number of rotatable bonds is 4. The van der Waals surface area contributed by atoms with Gasteiger partial charge in [-0.15, -0.1) is 0 Å². The minimum Gasteiger partial charge on any atom is -0.162 e. The molecule has 0 heterocycles. The van der Waals surface area contributed by atoms with E-state index in [4.69, 9.17) is 7.74 Å². The average molecular weight is 227 g/mol. The molecule has 0 fully saturated rings. The summed E-state index contributed by atoms with van der Waals surface area (Å²) in [5.74, 6) is 1.10. The highest BCUT2D eigenvalue weighted by molar-refractivity contribution is 8.05. The third-order valence-corrected chi connectivity index (χ3v) is 4.34. The highest BCUT2D eigenvalue weighted by atomic mass is 32.2. The van der Waals surface area contributed by atoms with Crippen LogP contribution >= 0.6 is 23.5 Å². The van der Waals surface area contributed by atoms with Crippen molar-refractivity contribution in [3.8, 4) is 0 Å². The quantitative estimate of drug-likeness (QED) is 0.676. The van der Waals surface area contributed by atoms with Crippen LogP contribution in [0.2, 0.25) is 0 Å². The molecule has 0 aromatic carbocycles. The highest BCUT2D eigenvalue weighted by Gasteiger charge is 2.20. The van der Waals surface area contributed by atoms with Gasteiger partial charge in [0.2, 0.25) is 0 Å². The van der Waals surface area contributed by atoms with Gasteiger partial charge in [-0.05, 0) is 10.9 Å². The van der Waals surface area contributed by atoms with Crippen molar-refractivity contribution < 1.29 is 0 Å². The van der Waals surface area contributed by atoms with Crippen molar-refractivity contribution in [2.24, 2.45) is 0 Å². The molecule has 1 atom stereocenters. The summed E-state index contributed by atoms with van der Waals surface area (Å²) in [6, 6.07) is 0. The molecule has 3 radical (unpaired) electrons. The zero-order valence-electron chi connectivity index (χ0n) is 10.3. The highest BCUT2D eigenvalue weighted by Crippen LogP contribution is 2.32. The first kappa shape index (κ1) is 14.8. The lowest BCUT2D eigenvalue weighted by atomic mass is 9.53. The third kappa shape index (κ3) is 9.39. The lowest BCUT2D eigenvalue weighted by Crippen LogP contribution is -2.25. The first-order chi connectivity index (χ1) is 6.14. The molecule has 0 saturated carbocycles. The molecule has 0 aliphatic heterocycles. The van der Waals surface area contributed by atoms with Crippen molar-refractivity contribution >= 4 is 38.4 Å². The standard InChI is InChI=1S/C10H21B2S2/c1-9(2,3)13-7-8(12-11)14-10(4,5)6/h8H,7H2,1-6H3. The van der Waals surface area contributed by atoms with Crippen molar-refractivity contribution in [3.63, 3.8) is 0 Å². The predicted molar refractivity (Wildman–Crippen MR) is 74.9 cm³/mol. The molecular formula is C10H21B2S2. The zero-order valence-corrected chi connectivity index (χ0v) is 11.9. The van der Waals surface area contributed by atoms with Gasteiger partial charge in [0, 0.05) is 17.2 Å². The Morgan fingerprint density at radius 3 is 1.86 bits per heavy atom. The van der Waals surface area contributed by atoms with E-state index in [1.165, 1.54) is 0 Å². The van der Waals surface area contributed by atoms with Crippen LogP contribution in [0.1, 0.15) is 41.5 Å². The molecule has 0 N–H and O–H groups in total. The second-order valence-corrected chi connectivity index (χ2v) is 9.30. The summed E-state index contributed by atoms with van der Waals surface area (Å²) >= 11 is 3.92. The minimum absolute atomic E-state index is 0.291. The van der Waals surface area contributed by atoms with E-state index in [2.05, 4.69) is 41.5 Å². The molecule has 0 bridgehead atoms. The maximum atomic E-state index is 5.65. The van der Waals surface area contributed by atoms with Gasteiger partial charge in [0.25, 0.3) is 0 Å². The summed E-state index contributed by atoms with van der Waals surface area (Å²) in [5, 5.41) is 0.458. The SMILES string of the molecule is [B][B]C(CSC(C)(C)C)SC(C)(C)C. The third-order valence-electron chi connectivity index (χ3n) is 1.40. The van der Waals surface area contributed by atoms with Gasteiger partial charge in [-0.2, -0.15) is 23.5 Å². The molecule has 0 aromatic heterocycles. The Labute approximate surface area is 100 Å². The van der Waals surface area contributed by atoms with Crippen LogP contribution in [0.25, 0.3) is 0 Å². The molecule has 0 rings (SSSR count). The Kier molecular flexibility index (Phi) is 6.13.